The first-order valence-electron chi connectivity index (χ1n) is 8.47. The summed E-state index contributed by atoms with van der Waals surface area (Å²) in [5, 5.41) is 12.5. The monoisotopic (exact) mass is 393 g/mol. The molecule has 27 heavy (non-hydrogen) atoms. The Morgan fingerprint density at radius 2 is 2.00 bits per heavy atom. The van der Waals surface area contributed by atoms with Gasteiger partial charge in [-0.15, -0.1) is 0 Å². The highest BCUT2D eigenvalue weighted by molar-refractivity contribution is 7.98. The first-order chi connectivity index (χ1) is 12.7. The van der Waals surface area contributed by atoms with Gasteiger partial charge in [0.05, 0.1) is 0 Å². The molecule has 0 spiro atoms. The van der Waals surface area contributed by atoms with Crippen LogP contribution in [0.15, 0.2) is 27.4 Å². The molecule has 1 unspecified atom stereocenters. The van der Waals surface area contributed by atoms with Gasteiger partial charge in [0.1, 0.15) is 17.4 Å². The largest absolute Gasteiger partial charge is 0.481 e. The van der Waals surface area contributed by atoms with Crippen molar-refractivity contribution in [3.63, 3.8) is 0 Å². The molecular formula is C19H23NO6S. The molecule has 2 atom stereocenters. The average Bonchev–Trinajstić information content (AvgIpc) is 2.62. The van der Waals surface area contributed by atoms with E-state index in [2.05, 4.69) is 5.32 Å². The van der Waals surface area contributed by atoms with Crippen molar-refractivity contribution in [1.29, 1.82) is 0 Å². The fourth-order valence-corrected chi connectivity index (χ4v) is 3.01. The van der Waals surface area contributed by atoms with Crippen molar-refractivity contribution in [3.8, 4) is 5.75 Å². The molecule has 8 heteroatoms. The third-order valence-corrected chi connectivity index (χ3v) is 4.98. The van der Waals surface area contributed by atoms with Crippen molar-refractivity contribution in [2.75, 3.05) is 12.0 Å². The molecule has 0 aliphatic carbocycles. The van der Waals surface area contributed by atoms with Crippen LogP contribution in [0.2, 0.25) is 0 Å². The SMILES string of the molecule is CSCC[C@H](NC(=O)C(C)Oc1ccc2c(C)c(C)c(=O)oc2c1)C(=O)O. The first kappa shape index (κ1) is 20.8. The van der Waals surface area contributed by atoms with E-state index >= 15 is 0 Å². The molecule has 2 N–H and O–H groups in total. The average molecular weight is 393 g/mol. The van der Waals surface area contributed by atoms with Crippen molar-refractivity contribution in [2.24, 2.45) is 0 Å². The summed E-state index contributed by atoms with van der Waals surface area (Å²) in [7, 11) is 0. The predicted octanol–water partition coefficient (Wildman–Crippen LogP) is 2.50. The number of amides is 1. The Labute approximate surface area is 161 Å². The minimum atomic E-state index is -1.08. The molecule has 0 aliphatic heterocycles. The standard InChI is InChI=1S/C19H23NO6S/c1-10-11(2)19(24)26-16-9-13(5-6-14(10)16)25-12(3)17(21)20-15(18(22)23)7-8-27-4/h5-6,9,12,15H,7-8H2,1-4H3,(H,20,21)(H,22,23)/t12?,15-/m0/s1. The molecule has 2 rings (SSSR count). The van der Waals surface area contributed by atoms with Gasteiger partial charge >= 0.3 is 11.6 Å². The number of hydrogen-bond acceptors (Lipinski definition) is 6. The number of thioether (sulfide) groups is 1. The molecule has 146 valence electrons. The predicted molar refractivity (Wildman–Crippen MR) is 105 cm³/mol. The van der Waals surface area contributed by atoms with Gasteiger partial charge in [-0.3, -0.25) is 4.79 Å². The molecule has 1 heterocycles. The Morgan fingerprint density at radius 1 is 1.30 bits per heavy atom. The van der Waals surface area contributed by atoms with E-state index in [1.807, 2.05) is 13.2 Å². The molecule has 1 aromatic carbocycles. The number of hydrogen-bond donors (Lipinski definition) is 2. The highest BCUT2D eigenvalue weighted by Crippen LogP contribution is 2.24. The van der Waals surface area contributed by atoms with Gasteiger partial charge in [0.25, 0.3) is 5.91 Å². The fourth-order valence-electron chi connectivity index (χ4n) is 2.54. The minimum Gasteiger partial charge on any atom is -0.481 e. The maximum atomic E-state index is 12.3. The van der Waals surface area contributed by atoms with Crippen LogP contribution in [-0.2, 0) is 9.59 Å². The second-order valence-corrected chi connectivity index (χ2v) is 7.22. The quantitative estimate of drug-likeness (QED) is 0.664. The molecule has 0 aliphatic rings. The summed E-state index contributed by atoms with van der Waals surface area (Å²) in [6.45, 7) is 5.07. The van der Waals surface area contributed by atoms with E-state index in [-0.39, 0.29) is 0 Å². The number of carboxylic acids is 1. The number of fused-ring (bicyclic) bond motifs is 1. The van der Waals surface area contributed by atoms with Crippen LogP contribution < -0.4 is 15.7 Å². The highest BCUT2D eigenvalue weighted by Gasteiger charge is 2.23. The maximum absolute atomic E-state index is 12.3. The highest BCUT2D eigenvalue weighted by atomic mass is 32.2. The van der Waals surface area contributed by atoms with E-state index in [4.69, 9.17) is 9.15 Å². The molecule has 1 aromatic heterocycles. The lowest BCUT2D eigenvalue weighted by atomic mass is 10.1. The summed E-state index contributed by atoms with van der Waals surface area (Å²) in [4.78, 5) is 35.4. The number of nitrogens with one attached hydrogen (secondary N) is 1. The van der Waals surface area contributed by atoms with Gasteiger partial charge in [0, 0.05) is 17.0 Å². The number of carbonyl (C=O) groups is 2. The summed E-state index contributed by atoms with van der Waals surface area (Å²) in [6, 6.07) is 4.03. The molecule has 0 radical (unpaired) electrons. The molecule has 0 saturated heterocycles. The Hall–Kier alpha value is -2.48. The van der Waals surface area contributed by atoms with Crippen molar-refractivity contribution < 1.29 is 23.8 Å². The zero-order valence-electron chi connectivity index (χ0n) is 15.7. The Bertz CT molecular complexity index is 907. The molecular weight excluding hydrogens is 370 g/mol. The first-order valence-corrected chi connectivity index (χ1v) is 9.86. The zero-order chi connectivity index (χ0) is 20.1. The van der Waals surface area contributed by atoms with Crippen molar-refractivity contribution in [3.05, 3.63) is 39.7 Å². The Morgan fingerprint density at radius 3 is 2.63 bits per heavy atom. The number of aryl methyl sites for hydroxylation is 1. The van der Waals surface area contributed by atoms with Gasteiger partial charge in [-0.25, -0.2) is 9.59 Å². The molecule has 7 nitrogen and oxygen atoms in total. The van der Waals surface area contributed by atoms with Crippen LogP contribution in [0.3, 0.4) is 0 Å². The summed E-state index contributed by atoms with van der Waals surface area (Å²) < 4.78 is 10.9. The molecule has 2 aromatic rings. The molecule has 1 amide bonds. The van der Waals surface area contributed by atoms with Gasteiger partial charge in [-0.05, 0) is 56.9 Å². The van der Waals surface area contributed by atoms with Gasteiger partial charge < -0.3 is 19.6 Å². The van der Waals surface area contributed by atoms with Gasteiger partial charge in [-0.2, -0.15) is 11.8 Å². The van der Waals surface area contributed by atoms with Crippen molar-refractivity contribution in [1.82, 2.24) is 5.32 Å². The van der Waals surface area contributed by atoms with E-state index in [0.717, 1.165) is 10.9 Å². The van der Waals surface area contributed by atoms with Gasteiger partial charge in [0.15, 0.2) is 6.10 Å². The van der Waals surface area contributed by atoms with Crippen LogP contribution in [-0.4, -0.2) is 41.1 Å². The van der Waals surface area contributed by atoms with Gasteiger partial charge in [0.2, 0.25) is 0 Å². The molecule has 0 fully saturated rings. The zero-order valence-corrected chi connectivity index (χ0v) is 16.5. The van der Waals surface area contributed by atoms with Crippen LogP contribution in [0, 0.1) is 13.8 Å². The minimum absolute atomic E-state index is 0.328. The summed E-state index contributed by atoms with van der Waals surface area (Å²) in [5.41, 5.74) is 1.34. The molecule has 0 saturated carbocycles. The number of ether oxygens (including phenoxy) is 1. The van der Waals surface area contributed by atoms with Crippen LogP contribution in [0.5, 0.6) is 5.75 Å². The molecule has 0 bridgehead atoms. The third-order valence-electron chi connectivity index (χ3n) is 4.34. The Kier molecular flexibility index (Phi) is 6.90. The van der Waals surface area contributed by atoms with Crippen LogP contribution >= 0.6 is 11.8 Å². The number of benzene rings is 1. The maximum Gasteiger partial charge on any atom is 0.339 e. The summed E-state index contributed by atoms with van der Waals surface area (Å²) in [6.07, 6.45) is 1.29. The van der Waals surface area contributed by atoms with Crippen LogP contribution in [0.4, 0.5) is 0 Å². The number of carboxylic acid groups (broad SMARTS) is 1. The second-order valence-electron chi connectivity index (χ2n) is 6.24. The normalized spacial score (nSPS) is 13.2. The lowest BCUT2D eigenvalue weighted by Crippen LogP contribution is -2.46. The topological polar surface area (TPSA) is 106 Å². The second kappa shape index (κ2) is 8.94. The number of carbonyl (C=O) groups excluding carboxylic acids is 1. The fraction of sp³-hybridized carbons (Fsp3) is 0.421. The smallest absolute Gasteiger partial charge is 0.339 e. The lowest BCUT2D eigenvalue weighted by Gasteiger charge is -2.19. The van der Waals surface area contributed by atoms with Crippen LogP contribution in [0.25, 0.3) is 11.0 Å². The van der Waals surface area contributed by atoms with E-state index in [1.54, 1.807) is 25.1 Å². The third kappa shape index (κ3) is 5.03. The van der Waals surface area contributed by atoms with E-state index in [0.29, 0.717) is 29.1 Å². The summed E-state index contributed by atoms with van der Waals surface area (Å²) in [5.74, 6) is -0.629. The van der Waals surface area contributed by atoms with E-state index < -0.39 is 29.6 Å². The lowest BCUT2D eigenvalue weighted by molar-refractivity contribution is -0.142. The van der Waals surface area contributed by atoms with Gasteiger partial charge in [-0.1, -0.05) is 0 Å². The number of aliphatic carboxylic acids is 1. The van der Waals surface area contributed by atoms with Crippen molar-refractivity contribution in [2.45, 2.75) is 39.3 Å². The van der Waals surface area contributed by atoms with E-state index in [1.165, 1.54) is 18.7 Å². The van der Waals surface area contributed by atoms with Crippen molar-refractivity contribution >= 4 is 34.6 Å². The van der Waals surface area contributed by atoms with E-state index in [9.17, 15) is 19.5 Å². The summed E-state index contributed by atoms with van der Waals surface area (Å²) >= 11 is 1.51. The van der Waals surface area contributed by atoms with Crippen LogP contribution in [0.1, 0.15) is 24.5 Å². The number of rotatable bonds is 8. The Balaban J connectivity index is 2.13.